The summed E-state index contributed by atoms with van der Waals surface area (Å²) in [5, 5.41) is 8.91. The van der Waals surface area contributed by atoms with Gasteiger partial charge < -0.3 is 28.8 Å². The number of nitrogens with zero attached hydrogens (tertiary/aromatic N) is 1. The first-order valence-electron chi connectivity index (χ1n) is 12.1. The molecular formula is C29H31NO6. The van der Waals surface area contributed by atoms with Gasteiger partial charge >= 0.3 is 0 Å². The van der Waals surface area contributed by atoms with Crippen LogP contribution in [0.5, 0.6) is 17.4 Å². The number of benzene rings is 2. The molecule has 0 spiro atoms. The maximum Gasteiger partial charge on any atom is 0.218 e. The van der Waals surface area contributed by atoms with Gasteiger partial charge in [0, 0.05) is 17.2 Å². The predicted octanol–water partition coefficient (Wildman–Crippen LogP) is 3.79. The highest BCUT2D eigenvalue weighted by Crippen LogP contribution is 2.28. The summed E-state index contributed by atoms with van der Waals surface area (Å²) in [5.74, 6) is 8.20. The Morgan fingerprint density at radius 2 is 1.83 bits per heavy atom. The van der Waals surface area contributed by atoms with Crippen LogP contribution in [-0.4, -0.2) is 55.8 Å². The molecule has 0 aliphatic carbocycles. The summed E-state index contributed by atoms with van der Waals surface area (Å²) < 4.78 is 28.8. The summed E-state index contributed by atoms with van der Waals surface area (Å²) in [6.07, 6.45) is 0.566. The normalized spacial score (nSPS) is 15.0. The van der Waals surface area contributed by atoms with Crippen LogP contribution < -0.4 is 14.2 Å². The quantitative estimate of drug-likeness (QED) is 0.434. The van der Waals surface area contributed by atoms with Crippen molar-refractivity contribution in [2.24, 2.45) is 0 Å². The molecule has 2 aromatic carbocycles. The standard InChI is InChI=1S/C29H31NO6/c1-2-26-27(13-10-22-8-11-24(12-9-22)33-15-14-31)30-29(36-21-25-20-32-16-17-34-25)18-28(26)35-19-23-6-4-3-5-7-23/h3-9,11-12,18,25,31H,2,14-17,19-21H2,1H3. The summed E-state index contributed by atoms with van der Waals surface area (Å²) >= 11 is 0. The second-order valence-electron chi connectivity index (χ2n) is 8.14. The van der Waals surface area contributed by atoms with Crippen LogP contribution >= 0.6 is 0 Å². The van der Waals surface area contributed by atoms with Crippen LogP contribution in [0.25, 0.3) is 0 Å². The van der Waals surface area contributed by atoms with Crippen LogP contribution in [0.2, 0.25) is 0 Å². The molecule has 7 nitrogen and oxygen atoms in total. The number of aliphatic hydroxyl groups excluding tert-OH is 1. The Labute approximate surface area is 211 Å². The number of aromatic nitrogens is 1. The minimum atomic E-state index is -0.138. The molecular weight excluding hydrogens is 458 g/mol. The molecule has 0 amide bonds. The molecule has 0 saturated carbocycles. The Morgan fingerprint density at radius 3 is 2.56 bits per heavy atom. The van der Waals surface area contributed by atoms with Crippen LogP contribution in [0.1, 0.15) is 29.3 Å². The molecule has 1 N–H and O–H groups in total. The molecule has 2 heterocycles. The van der Waals surface area contributed by atoms with E-state index in [1.54, 1.807) is 0 Å². The molecule has 1 saturated heterocycles. The third-order valence-electron chi connectivity index (χ3n) is 5.49. The van der Waals surface area contributed by atoms with Gasteiger partial charge in [-0.25, -0.2) is 4.98 Å². The maximum atomic E-state index is 8.91. The summed E-state index contributed by atoms with van der Waals surface area (Å²) in [7, 11) is 0. The van der Waals surface area contributed by atoms with Gasteiger partial charge in [-0.05, 0) is 42.2 Å². The molecule has 1 aliphatic heterocycles. The van der Waals surface area contributed by atoms with Crippen molar-refractivity contribution in [3.05, 3.63) is 83.0 Å². The number of rotatable bonds is 10. The van der Waals surface area contributed by atoms with E-state index in [1.807, 2.05) is 60.7 Å². The highest BCUT2D eigenvalue weighted by Gasteiger charge is 2.17. The van der Waals surface area contributed by atoms with Crippen LogP contribution in [0.3, 0.4) is 0 Å². The third-order valence-corrected chi connectivity index (χ3v) is 5.49. The average Bonchev–Trinajstić information content (AvgIpc) is 2.94. The number of aliphatic hydroxyl groups is 1. The van der Waals surface area contributed by atoms with Crippen molar-refractivity contribution in [3.63, 3.8) is 0 Å². The van der Waals surface area contributed by atoms with Gasteiger partial charge in [0.2, 0.25) is 5.88 Å². The number of ether oxygens (including phenoxy) is 5. The van der Waals surface area contributed by atoms with E-state index >= 15 is 0 Å². The summed E-state index contributed by atoms with van der Waals surface area (Å²) in [6, 6.07) is 19.2. The second-order valence-corrected chi connectivity index (χ2v) is 8.14. The predicted molar refractivity (Wildman–Crippen MR) is 135 cm³/mol. The molecule has 4 rings (SSSR count). The smallest absolute Gasteiger partial charge is 0.218 e. The van der Waals surface area contributed by atoms with Crippen LogP contribution in [0.15, 0.2) is 60.7 Å². The Morgan fingerprint density at radius 1 is 1.00 bits per heavy atom. The van der Waals surface area contributed by atoms with E-state index in [0.717, 1.165) is 16.7 Å². The first-order chi connectivity index (χ1) is 17.7. The molecule has 1 atom stereocenters. The molecule has 7 heteroatoms. The van der Waals surface area contributed by atoms with Crippen molar-refractivity contribution < 1.29 is 28.8 Å². The fourth-order valence-electron chi connectivity index (χ4n) is 3.65. The fourth-order valence-corrected chi connectivity index (χ4v) is 3.65. The monoisotopic (exact) mass is 489 g/mol. The molecule has 0 bridgehead atoms. The average molecular weight is 490 g/mol. The van der Waals surface area contributed by atoms with E-state index in [2.05, 4.69) is 18.8 Å². The van der Waals surface area contributed by atoms with Gasteiger partial charge in [-0.1, -0.05) is 43.2 Å². The topological polar surface area (TPSA) is 79.3 Å². The zero-order valence-electron chi connectivity index (χ0n) is 20.4. The third kappa shape index (κ3) is 7.46. The van der Waals surface area contributed by atoms with E-state index in [0.29, 0.717) is 62.5 Å². The molecule has 36 heavy (non-hydrogen) atoms. The Bertz CT molecular complexity index is 1150. The fraction of sp³-hybridized carbons (Fsp3) is 0.345. The second kappa shape index (κ2) is 13.5. The van der Waals surface area contributed by atoms with Gasteiger partial charge in [-0.3, -0.25) is 0 Å². The van der Waals surface area contributed by atoms with Crippen LogP contribution in [-0.2, 0) is 22.5 Å². The van der Waals surface area contributed by atoms with Gasteiger partial charge in [-0.15, -0.1) is 0 Å². The van der Waals surface area contributed by atoms with Gasteiger partial charge in [-0.2, -0.15) is 0 Å². The highest BCUT2D eigenvalue weighted by atomic mass is 16.6. The lowest BCUT2D eigenvalue weighted by molar-refractivity contribution is -0.102. The molecule has 1 aromatic heterocycles. The van der Waals surface area contributed by atoms with Crippen molar-refractivity contribution in [1.82, 2.24) is 4.98 Å². The lowest BCUT2D eigenvalue weighted by Gasteiger charge is -2.23. The Hall–Kier alpha value is -3.57. The van der Waals surface area contributed by atoms with E-state index < -0.39 is 0 Å². The number of hydrogen-bond donors (Lipinski definition) is 1. The first-order valence-corrected chi connectivity index (χ1v) is 12.1. The molecule has 188 valence electrons. The highest BCUT2D eigenvalue weighted by molar-refractivity contribution is 5.50. The summed E-state index contributed by atoms with van der Waals surface area (Å²) in [6.45, 7) is 4.70. The van der Waals surface area contributed by atoms with Crippen LogP contribution in [0.4, 0.5) is 0 Å². The zero-order valence-corrected chi connectivity index (χ0v) is 20.4. The molecule has 1 aliphatic rings. The zero-order chi connectivity index (χ0) is 25.0. The van der Waals surface area contributed by atoms with E-state index in [1.165, 1.54) is 0 Å². The largest absolute Gasteiger partial charge is 0.491 e. The van der Waals surface area contributed by atoms with Crippen molar-refractivity contribution in [3.8, 4) is 29.2 Å². The van der Waals surface area contributed by atoms with Crippen LogP contribution in [0, 0.1) is 11.8 Å². The lowest BCUT2D eigenvalue weighted by atomic mass is 10.1. The van der Waals surface area contributed by atoms with Gasteiger partial charge in [0.1, 0.15) is 43.1 Å². The Balaban J connectivity index is 1.57. The van der Waals surface area contributed by atoms with Gasteiger partial charge in [0.05, 0.1) is 26.4 Å². The number of hydrogen-bond acceptors (Lipinski definition) is 7. The summed E-state index contributed by atoms with van der Waals surface area (Å²) in [5.41, 5.74) is 3.43. The van der Waals surface area contributed by atoms with Crippen molar-refractivity contribution >= 4 is 0 Å². The molecule has 3 aromatic rings. The minimum absolute atomic E-state index is 0.0278. The minimum Gasteiger partial charge on any atom is -0.491 e. The molecule has 1 unspecified atom stereocenters. The molecule has 1 fully saturated rings. The summed E-state index contributed by atoms with van der Waals surface area (Å²) in [4.78, 5) is 4.69. The molecule has 0 radical (unpaired) electrons. The van der Waals surface area contributed by atoms with Crippen molar-refractivity contribution in [2.75, 3.05) is 39.6 Å². The van der Waals surface area contributed by atoms with Gasteiger partial charge in [0.25, 0.3) is 0 Å². The maximum absolute atomic E-state index is 8.91. The lowest BCUT2D eigenvalue weighted by Crippen LogP contribution is -2.33. The Kier molecular flexibility index (Phi) is 9.57. The van der Waals surface area contributed by atoms with E-state index in [-0.39, 0.29) is 19.3 Å². The first kappa shape index (κ1) is 25.5. The van der Waals surface area contributed by atoms with E-state index in [9.17, 15) is 0 Å². The SMILES string of the molecule is CCc1c(OCc2ccccc2)cc(OCC2COCCO2)nc1C#Cc1ccc(OCCO)cc1. The van der Waals surface area contributed by atoms with Crippen molar-refractivity contribution in [2.45, 2.75) is 26.1 Å². The van der Waals surface area contributed by atoms with Gasteiger partial charge in [0.15, 0.2) is 0 Å². The van der Waals surface area contributed by atoms with E-state index in [4.69, 9.17) is 33.8 Å². The number of pyridine rings is 1. The van der Waals surface area contributed by atoms with Crippen molar-refractivity contribution in [1.29, 1.82) is 0 Å².